The van der Waals surface area contributed by atoms with Gasteiger partial charge in [0, 0.05) is 13.4 Å². The van der Waals surface area contributed by atoms with Crippen LogP contribution in [0.1, 0.15) is 20.8 Å². The second-order valence-corrected chi connectivity index (χ2v) is 10.9. The van der Waals surface area contributed by atoms with Crippen molar-refractivity contribution >= 4 is 32.1 Å². The number of hydrogen-bond acceptors (Lipinski definition) is 11. The molecule has 14 heteroatoms. The average Bonchev–Trinajstić information content (AvgIpc) is 2.66. The Morgan fingerprint density at radius 1 is 0.938 bits per heavy atom. The molecule has 0 radical (unpaired) electrons. The number of hydroxylamine groups is 1. The van der Waals surface area contributed by atoms with E-state index in [2.05, 4.69) is 4.84 Å². The van der Waals surface area contributed by atoms with E-state index in [1.165, 1.54) is 40.0 Å². The largest absolute Gasteiger partial charge is 0.534 e. The van der Waals surface area contributed by atoms with Crippen molar-refractivity contribution in [2.75, 3.05) is 39.8 Å². The maximum absolute atomic E-state index is 13.1. The number of amides is 1. The normalized spacial score (nSPS) is 12.2. The molecular formula is C18H27NO11S2. The third-order valence-electron chi connectivity index (χ3n) is 3.32. The van der Waals surface area contributed by atoms with Crippen molar-refractivity contribution < 1.29 is 50.2 Å². The van der Waals surface area contributed by atoms with Crippen LogP contribution in [0, 0.1) is 0 Å². The summed E-state index contributed by atoms with van der Waals surface area (Å²) in [5.74, 6) is 0. The lowest BCUT2D eigenvalue weighted by molar-refractivity contribution is -0.0769. The molecular weight excluding hydrogens is 470 g/mol. The van der Waals surface area contributed by atoms with Crippen LogP contribution in [0.25, 0.3) is 0 Å². The fourth-order valence-corrected chi connectivity index (χ4v) is 4.74. The van der Waals surface area contributed by atoms with E-state index in [0.29, 0.717) is 6.61 Å². The van der Waals surface area contributed by atoms with Crippen molar-refractivity contribution in [3.05, 3.63) is 24.3 Å². The van der Waals surface area contributed by atoms with Gasteiger partial charge in [0.1, 0.15) is 17.1 Å². The van der Waals surface area contributed by atoms with Gasteiger partial charge in [0.25, 0.3) is 0 Å². The van der Waals surface area contributed by atoms with Crippen molar-refractivity contribution in [1.29, 1.82) is 0 Å². The van der Waals surface area contributed by atoms with E-state index in [1.807, 2.05) is 0 Å². The molecule has 32 heavy (non-hydrogen) atoms. The lowest BCUT2D eigenvalue weighted by atomic mass is 10.2. The number of nitrogens with zero attached hydrogens (tertiary/aromatic N) is 1. The minimum atomic E-state index is -5.02. The van der Waals surface area contributed by atoms with E-state index >= 15 is 0 Å². The predicted molar refractivity (Wildman–Crippen MR) is 110 cm³/mol. The Balaban J connectivity index is 3.18. The van der Waals surface area contributed by atoms with Gasteiger partial charge in [-0.15, -0.1) is 0 Å². The van der Waals surface area contributed by atoms with Gasteiger partial charge in [-0.05, 0) is 37.4 Å². The molecule has 1 aromatic carbocycles. The molecule has 0 aliphatic heterocycles. The summed E-state index contributed by atoms with van der Waals surface area (Å²) in [6.45, 7) is 4.55. The lowest BCUT2D eigenvalue weighted by Crippen LogP contribution is -2.42. The highest BCUT2D eigenvalue weighted by atomic mass is 32.2. The molecule has 0 aromatic heterocycles. The van der Waals surface area contributed by atoms with Crippen molar-refractivity contribution in [1.82, 2.24) is 4.47 Å². The van der Waals surface area contributed by atoms with E-state index < -0.39 is 47.5 Å². The molecule has 0 saturated heterocycles. The van der Waals surface area contributed by atoms with Gasteiger partial charge in [0.15, 0.2) is 9.84 Å². The zero-order valence-corrected chi connectivity index (χ0v) is 20.0. The van der Waals surface area contributed by atoms with Gasteiger partial charge in [0.2, 0.25) is 0 Å². The van der Waals surface area contributed by atoms with E-state index in [1.54, 1.807) is 0 Å². The molecule has 0 aliphatic carbocycles. The number of sulfone groups is 1. The van der Waals surface area contributed by atoms with Crippen LogP contribution in [0.4, 0.5) is 9.59 Å². The van der Waals surface area contributed by atoms with Crippen LogP contribution in [-0.2, 0) is 43.6 Å². The average molecular weight is 498 g/mol. The molecule has 0 spiro atoms. The van der Waals surface area contributed by atoms with Crippen LogP contribution in [0.15, 0.2) is 34.1 Å². The first-order chi connectivity index (χ1) is 14.7. The highest BCUT2D eigenvalue weighted by molar-refractivity contribution is 7.93. The fourth-order valence-electron chi connectivity index (χ4n) is 2.06. The minimum absolute atomic E-state index is 0.0471. The number of carbonyl (C=O) groups is 2. The molecule has 0 aliphatic rings. The summed E-state index contributed by atoms with van der Waals surface area (Å²) in [6, 6.07) is 4.52. The predicted octanol–water partition coefficient (Wildman–Crippen LogP) is 1.75. The highest BCUT2D eigenvalue weighted by Crippen LogP contribution is 2.26. The summed E-state index contributed by atoms with van der Waals surface area (Å²) in [6.07, 6.45) is -2.33. The molecule has 1 rings (SSSR count). The Morgan fingerprint density at radius 3 is 2.03 bits per heavy atom. The van der Waals surface area contributed by atoms with E-state index in [0.717, 1.165) is 18.4 Å². The maximum atomic E-state index is 13.1. The second kappa shape index (κ2) is 11.4. The summed E-state index contributed by atoms with van der Waals surface area (Å²) in [5.41, 5.74) is -1.16. The van der Waals surface area contributed by atoms with Gasteiger partial charge in [-0.1, -0.05) is 12.1 Å². The Morgan fingerprint density at radius 2 is 1.50 bits per heavy atom. The first kappa shape index (κ1) is 27.6. The molecule has 182 valence electrons. The van der Waals surface area contributed by atoms with Crippen molar-refractivity contribution in [2.45, 2.75) is 36.2 Å². The lowest BCUT2D eigenvalue weighted by Gasteiger charge is -2.25. The fraction of sp³-hybridized carbons (Fsp3) is 0.556. The Hall–Kier alpha value is -2.42. The highest BCUT2D eigenvalue weighted by Gasteiger charge is 2.40. The van der Waals surface area contributed by atoms with Gasteiger partial charge >= 0.3 is 22.3 Å². The molecule has 0 saturated carbocycles. The molecule has 0 heterocycles. The zero-order chi connectivity index (χ0) is 24.6. The third kappa shape index (κ3) is 8.61. The number of carbonyl (C=O) groups excluding carboxylic acids is 2. The number of ether oxygens (including phenoxy) is 4. The van der Waals surface area contributed by atoms with Crippen molar-refractivity contribution in [3.8, 4) is 0 Å². The first-order valence-electron chi connectivity index (χ1n) is 9.19. The monoisotopic (exact) mass is 497 g/mol. The second-order valence-electron chi connectivity index (χ2n) is 7.23. The summed E-state index contributed by atoms with van der Waals surface area (Å²) in [5, 5.41) is 0. The molecule has 0 bridgehead atoms. The van der Waals surface area contributed by atoms with Crippen LogP contribution < -0.4 is 0 Å². The van der Waals surface area contributed by atoms with Crippen LogP contribution >= 0.6 is 0 Å². The minimum Gasteiger partial charge on any atom is -0.441 e. The van der Waals surface area contributed by atoms with Gasteiger partial charge in [-0.3, -0.25) is 4.84 Å². The van der Waals surface area contributed by atoms with Gasteiger partial charge in [-0.25, -0.2) is 18.0 Å². The summed E-state index contributed by atoms with van der Waals surface area (Å²) in [4.78, 5) is 27.8. The molecule has 0 unspecified atom stereocenters. The van der Waals surface area contributed by atoms with Crippen LogP contribution in [0.2, 0.25) is 0 Å². The zero-order valence-electron chi connectivity index (χ0n) is 18.4. The quantitative estimate of drug-likeness (QED) is 0.279. The SMILES string of the molecule is COCCOCCOC(=O)ON(C(=O)OC(C)(C)C)S(=O)(=O)c1ccccc1S(C)(=O)=O. The van der Waals surface area contributed by atoms with Gasteiger partial charge in [0.05, 0.1) is 24.7 Å². The van der Waals surface area contributed by atoms with Crippen LogP contribution in [-0.4, -0.2) is 78.9 Å². The Kier molecular flexibility index (Phi) is 9.88. The van der Waals surface area contributed by atoms with E-state index in [-0.39, 0.29) is 24.3 Å². The summed E-state index contributed by atoms with van der Waals surface area (Å²) in [7, 11) is -7.56. The Labute approximate surface area is 187 Å². The van der Waals surface area contributed by atoms with Gasteiger partial charge in [-0.2, -0.15) is 8.42 Å². The summed E-state index contributed by atoms with van der Waals surface area (Å²) < 4.78 is 69.5. The number of sulfonamides is 1. The number of methoxy groups -OCH3 is 1. The van der Waals surface area contributed by atoms with Crippen molar-refractivity contribution in [2.24, 2.45) is 0 Å². The third-order valence-corrected chi connectivity index (χ3v) is 6.18. The molecule has 1 aromatic rings. The maximum Gasteiger partial charge on any atom is 0.534 e. The molecule has 0 fully saturated rings. The van der Waals surface area contributed by atoms with E-state index in [4.69, 9.17) is 18.9 Å². The number of benzene rings is 1. The molecule has 0 atom stereocenters. The topological polar surface area (TPSA) is 152 Å². The Bertz CT molecular complexity index is 998. The van der Waals surface area contributed by atoms with Gasteiger partial charge < -0.3 is 18.9 Å². The number of rotatable bonds is 9. The first-order valence-corrected chi connectivity index (χ1v) is 12.5. The van der Waals surface area contributed by atoms with Crippen LogP contribution in [0.3, 0.4) is 0 Å². The summed E-state index contributed by atoms with van der Waals surface area (Å²) >= 11 is 0. The molecule has 12 nitrogen and oxygen atoms in total. The number of hydrogen-bond donors (Lipinski definition) is 0. The van der Waals surface area contributed by atoms with Crippen LogP contribution in [0.5, 0.6) is 0 Å². The molecule has 1 amide bonds. The van der Waals surface area contributed by atoms with E-state index in [9.17, 15) is 26.4 Å². The molecule has 0 N–H and O–H groups in total. The smallest absolute Gasteiger partial charge is 0.441 e. The standard InChI is InChI=1S/C18H27NO11S2/c1-18(2,3)29-16(20)19(30-17(21)28-13-12-27-11-10-26-4)32(24,25)15-9-7-6-8-14(15)31(5,22)23/h6-9H,10-13H2,1-5H3. The van der Waals surface area contributed by atoms with Crippen molar-refractivity contribution in [3.63, 3.8) is 0 Å².